The van der Waals surface area contributed by atoms with Crippen LogP contribution in [0.25, 0.3) is 11.0 Å². The van der Waals surface area contributed by atoms with E-state index in [9.17, 15) is 14.4 Å². The van der Waals surface area contributed by atoms with Gasteiger partial charge in [-0.05, 0) is 39.0 Å². The molecule has 0 atom stereocenters. The van der Waals surface area contributed by atoms with Gasteiger partial charge in [-0.1, -0.05) is 0 Å². The van der Waals surface area contributed by atoms with Crippen molar-refractivity contribution in [2.75, 3.05) is 49.7 Å². The summed E-state index contributed by atoms with van der Waals surface area (Å²) in [6.45, 7) is 9.53. The number of hydrogen-bond donors (Lipinski definition) is 2. The molecule has 4 rings (SSSR count). The van der Waals surface area contributed by atoms with E-state index in [0.29, 0.717) is 66.8 Å². The molecule has 1 amide bonds. The highest BCUT2D eigenvalue weighted by molar-refractivity contribution is 6.07. The van der Waals surface area contributed by atoms with E-state index in [-0.39, 0.29) is 5.91 Å². The molecule has 0 bridgehead atoms. The number of nitrogens with one attached hydrogen (secondary N) is 2. The van der Waals surface area contributed by atoms with E-state index in [1.807, 2.05) is 19.9 Å². The molecule has 1 aliphatic rings. The number of benzene rings is 2. The third kappa shape index (κ3) is 5.02. The Morgan fingerprint density at radius 3 is 2.43 bits per heavy atom. The standard InChI is InChI=1S/C25H30N4O6/c1-4-29-19-8-7-16(13-17(19)26-24(31)25(29)32)23(30)27-18-14-22(35-6-3)20(15-21(18)34-5-2)28-9-11-33-12-10-28/h7-8,13-15H,4-6,9-12H2,1-3H3,(H,26,31)(H,27,30). The predicted octanol–water partition coefficient (Wildman–Crippen LogP) is 2.60. The maximum absolute atomic E-state index is 13.2. The molecule has 10 heteroatoms. The van der Waals surface area contributed by atoms with Crippen molar-refractivity contribution in [1.29, 1.82) is 0 Å². The van der Waals surface area contributed by atoms with Crippen LogP contribution in [0.2, 0.25) is 0 Å². The average molecular weight is 483 g/mol. The van der Waals surface area contributed by atoms with Gasteiger partial charge < -0.3 is 34.0 Å². The third-order valence-electron chi connectivity index (χ3n) is 5.81. The molecular formula is C25H30N4O6. The number of fused-ring (bicyclic) bond motifs is 1. The molecule has 0 unspecified atom stereocenters. The number of ether oxygens (including phenoxy) is 3. The Bertz CT molecular complexity index is 1340. The summed E-state index contributed by atoms with van der Waals surface area (Å²) in [6, 6.07) is 8.49. The van der Waals surface area contributed by atoms with Gasteiger partial charge in [-0.3, -0.25) is 14.4 Å². The predicted molar refractivity (Wildman–Crippen MR) is 134 cm³/mol. The van der Waals surface area contributed by atoms with Gasteiger partial charge in [0.2, 0.25) is 0 Å². The van der Waals surface area contributed by atoms with E-state index in [1.54, 1.807) is 31.2 Å². The van der Waals surface area contributed by atoms with Gasteiger partial charge in [-0.25, -0.2) is 0 Å². The maximum Gasteiger partial charge on any atom is 0.316 e. The van der Waals surface area contributed by atoms with Gasteiger partial charge in [0.15, 0.2) is 0 Å². The van der Waals surface area contributed by atoms with Crippen LogP contribution in [-0.2, 0) is 11.3 Å². The largest absolute Gasteiger partial charge is 0.492 e. The lowest BCUT2D eigenvalue weighted by molar-refractivity contribution is 0.102. The number of aromatic amines is 1. The number of rotatable bonds is 8. The fourth-order valence-electron chi connectivity index (χ4n) is 4.17. The first-order valence-electron chi connectivity index (χ1n) is 11.8. The third-order valence-corrected chi connectivity index (χ3v) is 5.81. The Morgan fingerprint density at radius 1 is 1.03 bits per heavy atom. The summed E-state index contributed by atoms with van der Waals surface area (Å²) in [5, 5.41) is 2.91. The second-order valence-electron chi connectivity index (χ2n) is 7.97. The molecule has 0 saturated carbocycles. The molecule has 0 spiro atoms. The zero-order valence-electron chi connectivity index (χ0n) is 20.2. The van der Waals surface area contributed by atoms with E-state index < -0.39 is 11.1 Å². The number of anilines is 2. The smallest absolute Gasteiger partial charge is 0.316 e. The number of carbonyl (C=O) groups is 1. The molecular weight excluding hydrogens is 452 g/mol. The number of amides is 1. The van der Waals surface area contributed by atoms with Crippen molar-refractivity contribution in [3.63, 3.8) is 0 Å². The van der Waals surface area contributed by atoms with E-state index in [4.69, 9.17) is 14.2 Å². The fraction of sp³-hybridized carbons (Fsp3) is 0.400. The van der Waals surface area contributed by atoms with Crippen LogP contribution >= 0.6 is 0 Å². The average Bonchev–Trinajstić information content (AvgIpc) is 2.86. The molecule has 3 aromatic rings. The van der Waals surface area contributed by atoms with Crippen LogP contribution in [0.15, 0.2) is 39.9 Å². The van der Waals surface area contributed by atoms with Crippen LogP contribution in [0.3, 0.4) is 0 Å². The molecule has 2 heterocycles. The molecule has 2 N–H and O–H groups in total. The molecule has 1 aromatic heterocycles. The maximum atomic E-state index is 13.2. The topological polar surface area (TPSA) is 115 Å². The van der Waals surface area contributed by atoms with Crippen molar-refractivity contribution >= 4 is 28.3 Å². The van der Waals surface area contributed by atoms with Crippen LogP contribution in [-0.4, -0.2) is 55.0 Å². The minimum absolute atomic E-state index is 0.326. The molecule has 1 saturated heterocycles. The van der Waals surface area contributed by atoms with Gasteiger partial charge in [0, 0.05) is 37.3 Å². The lowest BCUT2D eigenvalue weighted by atomic mass is 10.1. The zero-order chi connectivity index (χ0) is 24.9. The van der Waals surface area contributed by atoms with Crippen LogP contribution in [0.5, 0.6) is 11.5 Å². The van der Waals surface area contributed by atoms with Crippen molar-refractivity contribution in [3.05, 3.63) is 56.6 Å². The molecule has 35 heavy (non-hydrogen) atoms. The zero-order valence-corrected chi connectivity index (χ0v) is 20.2. The van der Waals surface area contributed by atoms with Crippen LogP contribution in [0.4, 0.5) is 11.4 Å². The van der Waals surface area contributed by atoms with Gasteiger partial charge in [-0.15, -0.1) is 0 Å². The second kappa shape index (κ2) is 10.6. The van der Waals surface area contributed by atoms with E-state index in [0.717, 1.165) is 18.8 Å². The highest BCUT2D eigenvalue weighted by Crippen LogP contribution is 2.39. The lowest BCUT2D eigenvalue weighted by Gasteiger charge is -2.31. The lowest BCUT2D eigenvalue weighted by Crippen LogP contribution is -2.36. The SMILES string of the molecule is CCOc1cc(N2CCOCC2)c(OCC)cc1NC(=O)c1ccc2c(c1)[nH]c(=O)c(=O)n2CC. The summed E-state index contributed by atoms with van der Waals surface area (Å²) < 4.78 is 18.6. The van der Waals surface area contributed by atoms with Crippen molar-refractivity contribution in [2.45, 2.75) is 27.3 Å². The minimum Gasteiger partial charge on any atom is -0.492 e. The molecule has 0 aliphatic carbocycles. The first-order valence-corrected chi connectivity index (χ1v) is 11.8. The van der Waals surface area contributed by atoms with Crippen molar-refractivity contribution in [3.8, 4) is 11.5 Å². The Kier molecular flexibility index (Phi) is 7.40. The van der Waals surface area contributed by atoms with Crippen LogP contribution in [0.1, 0.15) is 31.1 Å². The molecule has 1 fully saturated rings. The van der Waals surface area contributed by atoms with Gasteiger partial charge >= 0.3 is 11.1 Å². The van der Waals surface area contributed by atoms with Crippen LogP contribution < -0.4 is 30.8 Å². The molecule has 1 aliphatic heterocycles. The monoisotopic (exact) mass is 482 g/mol. The van der Waals surface area contributed by atoms with Gasteiger partial charge in [-0.2, -0.15) is 0 Å². The van der Waals surface area contributed by atoms with Crippen molar-refractivity contribution in [2.24, 2.45) is 0 Å². The second-order valence-corrected chi connectivity index (χ2v) is 7.97. The summed E-state index contributed by atoms with van der Waals surface area (Å²) in [5.74, 6) is 0.785. The number of nitrogens with zero attached hydrogens (tertiary/aromatic N) is 2. The highest BCUT2D eigenvalue weighted by atomic mass is 16.5. The summed E-state index contributed by atoms with van der Waals surface area (Å²) >= 11 is 0. The Balaban J connectivity index is 1.70. The fourth-order valence-corrected chi connectivity index (χ4v) is 4.17. The first kappa shape index (κ1) is 24.3. The van der Waals surface area contributed by atoms with E-state index >= 15 is 0 Å². The van der Waals surface area contributed by atoms with Gasteiger partial charge in [0.25, 0.3) is 5.91 Å². The normalized spacial score (nSPS) is 13.6. The van der Waals surface area contributed by atoms with Gasteiger partial charge in [0.1, 0.15) is 11.5 Å². The summed E-state index contributed by atoms with van der Waals surface area (Å²) in [5.41, 5.74) is 1.30. The number of hydrogen-bond acceptors (Lipinski definition) is 7. The number of morpholine rings is 1. The first-order chi connectivity index (χ1) is 17.0. The van der Waals surface area contributed by atoms with E-state index in [2.05, 4.69) is 15.2 Å². The van der Waals surface area contributed by atoms with Crippen molar-refractivity contribution < 1.29 is 19.0 Å². The minimum atomic E-state index is -0.726. The number of carbonyl (C=O) groups excluding carboxylic acids is 1. The quantitative estimate of drug-likeness (QED) is 0.474. The molecule has 10 nitrogen and oxygen atoms in total. The number of H-pyrrole nitrogens is 1. The molecule has 2 aromatic carbocycles. The number of aryl methyl sites for hydroxylation is 1. The van der Waals surface area contributed by atoms with Crippen LogP contribution in [0, 0.1) is 0 Å². The van der Waals surface area contributed by atoms with Crippen molar-refractivity contribution in [1.82, 2.24) is 9.55 Å². The summed E-state index contributed by atoms with van der Waals surface area (Å²) in [7, 11) is 0. The van der Waals surface area contributed by atoms with E-state index in [1.165, 1.54) is 4.57 Å². The molecule has 0 radical (unpaired) electrons. The summed E-state index contributed by atoms with van der Waals surface area (Å²) in [6.07, 6.45) is 0. The Morgan fingerprint density at radius 2 is 1.74 bits per heavy atom. The number of aromatic nitrogens is 2. The Hall–Kier alpha value is -3.79. The summed E-state index contributed by atoms with van der Waals surface area (Å²) in [4.78, 5) is 42.1. The highest BCUT2D eigenvalue weighted by Gasteiger charge is 2.21. The van der Waals surface area contributed by atoms with Gasteiger partial charge in [0.05, 0.1) is 48.8 Å². The Labute approximate surface area is 202 Å². The molecule has 186 valence electrons.